The van der Waals surface area contributed by atoms with Gasteiger partial charge in [0.15, 0.2) is 6.61 Å². The van der Waals surface area contributed by atoms with Crippen molar-refractivity contribution in [3.8, 4) is 0 Å². The zero-order valence-corrected chi connectivity index (χ0v) is 12.6. The summed E-state index contributed by atoms with van der Waals surface area (Å²) in [7, 11) is 0. The van der Waals surface area contributed by atoms with E-state index < -0.39 is 30.0 Å². The van der Waals surface area contributed by atoms with Crippen molar-refractivity contribution in [1.29, 1.82) is 0 Å². The second kappa shape index (κ2) is 7.45. The van der Waals surface area contributed by atoms with Gasteiger partial charge in [0.2, 0.25) is 11.7 Å². The molecule has 0 heterocycles. The van der Waals surface area contributed by atoms with E-state index in [0.717, 1.165) is 18.2 Å². The Balaban J connectivity index is 2.00. The first-order chi connectivity index (χ1) is 11.4. The van der Waals surface area contributed by atoms with E-state index >= 15 is 0 Å². The van der Waals surface area contributed by atoms with Gasteiger partial charge in [0.1, 0.15) is 11.6 Å². The molecular formula is C17H13F2NO4. The van der Waals surface area contributed by atoms with Gasteiger partial charge in [-0.3, -0.25) is 9.59 Å². The molecule has 0 aliphatic rings. The molecule has 0 spiro atoms. The third-order valence-corrected chi connectivity index (χ3v) is 3.00. The lowest BCUT2D eigenvalue weighted by Gasteiger charge is -2.07. The minimum absolute atomic E-state index is 0.0747. The quantitative estimate of drug-likeness (QED) is 0.674. The third-order valence-electron chi connectivity index (χ3n) is 3.00. The van der Waals surface area contributed by atoms with E-state index in [1.807, 2.05) is 0 Å². The number of hydrogen-bond donors (Lipinski definition) is 1. The van der Waals surface area contributed by atoms with Gasteiger partial charge in [-0.05, 0) is 42.5 Å². The Labute approximate surface area is 136 Å². The highest BCUT2D eigenvalue weighted by Gasteiger charge is 2.16. The van der Waals surface area contributed by atoms with E-state index in [0.29, 0.717) is 0 Å². The van der Waals surface area contributed by atoms with Gasteiger partial charge in [-0.25, -0.2) is 13.6 Å². The summed E-state index contributed by atoms with van der Waals surface area (Å²) in [4.78, 5) is 34.5. The molecule has 0 saturated heterocycles. The Hall–Kier alpha value is -3.09. The van der Waals surface area contributed by atoms with Crippen molar-refractivity contribution in [2.45, 2.75) is 6.92 Å². The lowest BCUT2D eigenvalue weighted by atomic mass is 10.1. The highest BCUT2D eigenvalue weighted by Crippen LogP contribution is 2.15. The van der Waals surface area contributed by atoms with E-state index in [-0.39, 0.29) is 22.7 Å². The number of Topliss-reactive ketones (excluding diaryl/α,β-unsaturated/α-hetero) is 1. The molecule has 2 aromatic carbocycles. The smallest absolute Gasteiger partial charge is 0.338 e. The Kier molecular flexibility index (Phi) is 5.36. The van der Waals surface area contributed by atoms with Crippen LogP contribution in [0.25, 0.3) is 0 Å². The SMILES string of the molecule is CC(=O)Nc1ccc(C(=O)COC(=O)c2ccc(F)cc2)c(F)c1. The van der Waals surface area contributed by atoms with Crippen molar-refractivity contribution in [2.75, 3.05) is 11.9 Å². The van der Waals surface area contributed by atoms with E-state index in [1.54, 1.807) is 0 Å². The number of rotatable bonds is 5. The molecule has 0 unspecified atom stereocenters. The van der Waals surface area contributed by atoms with Crippen molar-refractivity contribution >= 4 is 23.3 Å². The molecule has 0 aliphatic carbocycles. The van der Waals surface area contributed by atoms with Gasteiger partial charge in [0.05, 0.1) is 11.1 Å². The first-order valence-electron chi connectivity index (χ1n) is 6.90. The number of ketones is 1. The van der Waals surface area contributed by atoms with E-state index in [1.165, 1.54) is 31.2 Å². The van der Waals surface area contributed by atoms with Crippen LogP contribution in [0, 0.1) is 11.6 Å². The molecule has 2 rings (SSSR count). The first kappa shape index (κ1) is 17.3. The minimum atomic E-state index is -0.843. The van der Waals surface area contributed by atoms with Crippen LogP contribution in [0.4, 0.5) is 14.5 Å². The van der Waals surface area contributed by atoms with Gasteiger partial charge < -0.3 is 10.1 Å². The molecule has 0 aromatic heterocycles. The number of halogens is 2. The second-order valence-electron chi connectivity index (χ2n) is 4.88. The van der Waals surface area contributed by atoms with Gasteiger partial charge in [0, 0.05) is 12.6 Å². The summed E-state index contributed by atoms with van der Waals surface area (Å²) in [5.41, 5.74) is 0.0153. The molecule has 7 heteroatoms. The summed E-state index contributed by atoms with van der Waals surface area (Å²) in [5.74, 6) is -3.29. The van der Waals surface area contributed by atoms with Gasteiger partial charge >= 0.3 is 5.97 Å². The largest absolute Gasteiger partial charge is 0.454 e. The molecular weight excluding hydrogens is 320 g/mol. The molecule has 0 aliphatic heterocycles. The van der Waals surface area contributed by atoms with E-state index in [4.69, 9.17) is 4.74 Å². The average molecular weight is 333 g/mol. The number of carbonyl (C=O) groups excluding carboxylic acids is 3. The fourth-order valence-electron chi connectivity index (χ4n) is 1.90. The van der Waals surface area contributed by atoms with Crippen LogP contribution in [0.2, 0.25) is 0 Å². The highest BCUT2D eigenvalue weighted by molar-refractivity contribution is 6.00. The number of hydrogen-bond acceptors (Lipinski definition) is 4. The van der Waals surface area contributed by atoms with Crippen LogP contribution < -0.4 is 5.32 Å². The monoisotopic (exact) mass is 333 g/mol. The highest BCUT2D eigenvalue weighted by atomic mass is 19.1. The molecule has 2 aromatic rings. The molecule has 0 saturated carbocycles. The third kappa shape index (κ3) is 4.45. The lowest BCUT2D eigenvalue weighted by molar-refractivity contribution is -0.114. The summed E-state index contributed by atoms with van der Waals surface area (Å²) in [6.45, 7) is 0.610. The Bertz CT molecular complexity index is 788. The van der Waals surface area contributed by atoms with Crippen molar-refractivity contribution < 1.29 is 27.9 Å². The zero-order chi connectivity index (χ0) is 17.7. The minimum Gasteiger partial charge on any atom is -0.454 e. The molecule has 0 bridgehead atoms. The van der Waals surface area contributed by atoms with Crippen LogP contribution in [0.1, 0.15) is 27.6 Å². The van der Waals surface area contributed by atoms with E-state index in [9.17, 15) is 23.2 Å². The zero-order valence-electron chi connectivity index (χ0n) is 12.6. The predicted molar refractivity (Wildman–Crippen MR) is 81.7 cm³/mol. The van der Waals surface area contributed by atoms with E-state index in [2.05, 4.69) is 5.32 Å². The summed E-state index contributed by atoms with van der Waals surface area (Å²) in [6, 6.07) is 8.14. The number of benzene rings is 2. The standard InChI is InChI=1S/C17H13F2NO4/c1-10(21)20-13-6-7-14(15(19)8-13)16(22)9-24-17(23)11-2-4-12(18)5-3-11/h2-8H,9H2,1H3,(H,20,21). The predicted octanol–water partition coefficient (Wildman–Crippen LogP) is 2.96. The molecule has 5 nitrogen and oxygen atoms in total. The summed E-state index contributed by atoms with van der Waals surface area (Å²) < 4.78 is 31.4. The number of anilines is 1. The second-order valence-corrected chi connectivity index (χ2v) is 4.88. The maximum atomic E-state index is 13.9. The maximum absolute atomic E-state index is 13.9. The molecule has 1 amide bonds. The van der Waals surface area contributed by atoms with Crippen LogP contribution >= 0.6 is 0 Å². The van der Waals surface area contributed by atoms with Crippen molar-refractivity contribution in [3.63, 3.8) is 0 Å². The van der Waals surface area contributed by atoms with Gasteiger partial charge in [0.25, 0.3) is 0 Å². The maximum Gasteiger partial charge on any atom is 0.338 e. The van der Waals surface area contributed by atoms with Gasteiger partial charge in [-0.2, -0.15) is 0 Å². The molecule has 24 heavy (non-hydrogen) atoms. The lowest BCUT2D eigenvalue weighted by Crippen LogP contribution is -2.16. The molecule has 1 N–H and O–H groups in total. The van der Waals surface area contributed by atoms with Crippen molar-refractivity contribution in [3.05, 3.63) is 65.2 Å². The normalized spacial score (nSPS) is 10.1. The van der Waals surface area contributed by atoms with Crippen LogP contribution in [0.5, 0.6) is 0 Å². The van der Waals surface area contributed by atoms with Gasteiger partial charge in [-0.1, -0.05) is 0 Å². The number of amides is 1. The number of carbonyl (C=O) groups is 3. The summed E-state index contributed by atoms with van der Waals surface area (Å²) in [6.07, 6.45) is 0. The summed E-state index contributed by atoms with van der Waals surface area (Å²) >= 11 is 0. The van der Waals surface area contributed by atoms with Gasteiger partial charge in [-0.15, -0.1) is 0 Å². The summed E-state index contributed by atoms with van der Waals surface area (Å²) in [5, 5.41) is 2.38. The van der Waals surface area contributed by atoms with Crippen LogP contribution in [0.3, 0.4) is 0 Å². The van der Waals surface area contributed by atoms with Crippen LogP contribution in [-0.4, -0.2) is 24.3 Å². The Morgan fingerprint density at radius 1 is 1.04 bits per heavy atom. The fraction of sp³-hybridized carbons (Fsp3) is 0.118. The van der Waals surface area contributed by atoms with Crippen LogP contribution in [0.15, 0.2) is 42.5 Å². The molecule has 0 radical (unpaired) electrons. The van der Waals surface area contributed by atoms with Crippen molar-refractivity contribution in [1.82, 2.24) is 0 Å². The first-order valence-corrected chi connectivity index (χ1v) is 6.90. The fourth-order valence-corrected chi connectivity index (χ4v) is 1.90. The molecule has 0 fully saturated rings. The number of esters is 1. The molecule has 124 valence electrons. The number of nitrogens with one attached hydrogen (secondary N) is 1. The Morgan fingerprint density at radius 2 is 1.71 bits per heavy atom. The van der Waals surface area contributed by atoms with Crippen LogP contribution in [-0.2, 0) is 9.53 Å². The molecule has 0 atom stereocenters. The topological polar surface area (TPSA) is 72.5 Å². The average Bonchev–Trinajstić information content (AvgIpc) is 2.52. The number of ether oxygens (including phenoxy) is 1. The van der Waals surface area contributed by atoms with Crippen molar-refractivity contribution in [2.24, 2.45) is 0 Å². The Morgan fingerprint density at radius 3 is 2.29 bits per heavy atom.